The van der Waals surface area contributed by atoms with Crippen molar-refractivity contribution >= 4 is 29.1 Å². The van der Waals surface area contributed by atoms with E-state index in [9.17, 15) is 14.4 Å². The maximum Gasteiger partial charge on any atom is 0.325 e. The second-order valence-electron chi connectivity index (χ2n) is 6.17. The zero-order valence-corrected chi connectivity index (χ0v) is 14.6. The van der Waals surface area contributed by atoms with Gasteiger partial charge in [-0.1, -0.05) is 23.8 Å². The molecular weight excluding hydrogens is 324 g/mol. The van der Waals surface area contributed by atoms with Crippen LogP contribution < -0.4 is 5.32 Å². The Morgan fingerprint density at radius 2 is 2.00 bits per heavy atom. The number of aryl methyl sites for hydroxylation is 2. The summed E-state index contributed by atoms with van der Waals surface area (Å²) in [6.45, 7) is 5.16. The number of hydrogen-bond acceptors (Lipinski definition) is 4. The van der Waals surface area contributed by atoms with Crippen molar-refractivity contribution in [1.82, 2.24) is 10.2 Å². The van der Waals surface area contributed by atoms with Gasteiger partial charge in [0.25, 0.3) is 5.91 Å². The highest BCUT2D eigenvalue weighted by Gasteiger charge is 2.50. The van der Waals surface area contributed by atoms with E-state index < -0.39 is 17.5 Å². The first-order valence-electron chi connectivity index (χ1n) is 7.61. The van der Waals surface area contributed by atoms with E-state index in [2.05, 4.69) is 5.32 Å². The summed E-state index contributed by atoms with van der Waals surface area (Å²) in [7, 11) is 0. The lowest BCUT2D eigenvalue weighted by Crippen LogP contribution is -2.40. The van der Waals surface area contributed by atoms with Gasteiger partial charge in [-0.15, -0.1) is 11.3 Å². The first kappa shape index (κ1) is 16.4. The molecule has 1 aliphatic heterocycles. The van der Waals surface area contributed by atoms with E-state index in [0.717, 1.165) is 20.9 Å². The largest absolute Gasteiger partial charge is 0.325 e. The van der Waals surface area contributed by atoms with E-state index in [1.165, 1.54) is 11.3 Å². The van der Waals surface area contributed by atoms with Crippen LogP contribution in [0.15, 0.2) is 35.7 Å². The number of Topliss-reactive ketones (excluding diaryl/α,β-unsaturated/α-hetero) is 1. The van der Waals surface area contributed by atoms with Crippen LogP contribution in [0.2, 0.25) is 0 Å². The van der Waals surface area contributed by atoms with Gasteiger partial charge in [-0.3, -0.25) is 14.5 Å². The van der Waals surface area contributed by atoms with Crippen LogP contribution in [-0.2, 0) is 10.3 Å². The van der Waals surface area contributed by atoms with Crippen molar-refractivity contribution < 1.29 is 14.4 Å². The van der Waals surface area contributed by atoms with Crippen molar-refractivity contribution in [3.05, 3.63) is 57.3 Å². The number of nitrogens with zero attached hydrogens (tertiary/aromatic N) is 1. The minimum Gasteiger partial charge on any atom is -0.319 e. The zero-order valence-electron chi connectivity index (χ0n) is 13.8. The molecule has 1 atom stereocenters. The molecule has 0 saturated carbocycles. The maximum absolute atomic E-state index is 12.8. The molecule has 0 bridgehead atoms. The van der Waals surface area contributed by atoms with Crippen molar-refractivity contribution in [2.24, 2.45) is 0 Å². The molecule has 3 rings (SSSR count). The Labute approximate surface area is 144 Å². The van der Waals surface area contributed by atoms with Crippen LogP contribution in [0.4, 0.5) is 4.79 Å². The lowest BCUT2D eigenvalue weighted by Gasteiger charge is -2.20. The second-order valence-corrected chi connectivity index (χ2v) is 7.11. The number of amides is 3. The Balaban J connectivity index is 1.85. The highest BCUT2D eigenvalue weighted by Crippen LogP contribution is 2.32. The summed E-state index contributed by atoms with van der Waals surface area (Å²) >= 11 is 1.40. The monoisotopic (exact) mass is 342 g/mol. The lowest BCUT2D eigenvalue weighted by molar-refractivity contribution is -0.130. The number of ketones is 1. The van der Waals surface area contributed by atoms with E-state index in [-0.39, 0.29) is 12.3 Å². The van der Waals surface area contributed by atoms with Crippen molar-refractivity contribution in [2.45, 2.75) is 26.3 Å². The fraction of sp³-hybridized carbons (Fsp3) is 0.278. The topological polar surface area (TPSA) is 66.5 Å². The molecule has 5 nitrogen and oxygen atoms in total. The maximum atomic E-state index is 12.8. The molecule has 6 heteroatoms. The minimum absolute atomic E-state index is 0.241. The number of carbonyl (C=O) groups excluding carboxylic acids is 3. The standard InChI is InChI=1S/C18H18N2O3S/c1-11-6-7-12(2)13(9-11)14(21)10-20-16(22)18(3,19-17(20)23)15-5-4-8-24-15/h4-9H,10H2,1-3H3,(H,19,23). The number of urea groups is 1. The molecule has 24 heavy (non-hydrogen) atoms. The molecule has 124 valence electrons. The number of rotatable bonds is 4. The molecule has 3 amide bonds. The number of carbonyl (C=O) groups is 3. The Morgan fingerprint density at radius 1 is 1.25 bits per heavy atom. The average molecular weight is 342 g/mol. The average Bonchev–Trinajstić information content (AvgIpc) is 3.14. The molecule has 0 aliphatic carbocycles. The van der Waals surface area contributed by atoms with Crippen molar-refractivity contribution in [3.8, 4) is 0 Å². The van der Waals surface area contributed by atoms with Gasteiger partial charge in [-0.2, -0.15) is 0 Å². The first-order valence-corrected chi connectivity index (χ1v) is 8.49. The van der Waals surface area contributed by atoms with E-state index in [0.29, 0.717) is 5.56 Å². The van der Waals surface area contributed by atoms with Gasteiger partial charge < -0.3 is 5.32 Å². The summed E-state index contributed by atoms with van der Waals surface area (Å²) < 4.78 is 0. The van der Waals surface area contributed by atoms with Gasteiger partial charge in [0, 0.05) is 10.4 Å². The van der Waals surface area contributed by atoms with E-state index in [1.807, 2.05) is 37.4 Å². The van der Waals surface area contributed by atoms with Gasteiger partial charge in [-0.25, -0.2) is 4.79 Å². The molecular formula is C18H18N2O3S. The third kappa shape index (κ3) is 2.63. The van der Waals surface area contributed by atoms with Gasteiger partial charge >= 0.3 is 6.03 Å². The molecule has 1 saturated heterocycles. The zero-order chi connectivity index (χ0) is 17.5. The van der Waals surface area contributed by atoms with Gasteiger partial charge in [0.1, 0.15) is 0 Å². The van der Waals surface area contributed by atoms with Crippen LogP contribution in [0.3, 0.4) is 0 Å². The van der Waals surface area contributed by atoms with Crippen LogP contribution in [0.1, 0.15) is 33.3 Å². The molecule has 1 aromatic carbocycles. The molecule has 1 aliphatic rings. The van der Waals surface area contributed by atoms with Gasteiger partial charge in [-0.05, 0) is 43.8 Å². The van der Waals surface area contributed by atoms with Crippen LogP contribution >= 0.6 is 11.3 Å². The molecule has 1 N–H and O–H groups in total. The third-order valence-electron chi connectivity index (χ3n) is 4.28. The quantitative estimate of drug-likeness (QED) is 0.686. The van der Waals surface area contributed by atoms with Crippen molar-refractivity contribution in [3.63, 3.8) is 0 Å². The fourth-order valence-corrected chi connectivity index (χ4v) is 3.67. The lowest BCUT2D eigenvalue weighted by atomic mass is 9.99. The normalized spacial score (nSPS) is 20.4. The fourth-order valence-electron chi connectivity index (χ4n) is 2.84. The molecule has 0 radical (unpaired) electrons. The number of imide groups is 1. The van der Waals surface area contributed by atoms with E-state index >= 15 is 0 Å². The molecule has 2 heterocycles. The predicted octanol–water partition coefficient (Wildman–Crippen LogP) is 3.01. The van der Waals surface area contributed by atoms with E-state index in [1.54, 1.807) is 19.1 Å². The van der Waals surface area contributed by atoms with Crippen LogP contribution in [0, 0.1) is 13.8 Å². The minimum atomic E-state index is -1.10. The highest BCUT2D eigenvalue weighted by molar-refractivity contribution is 7.10. The predicted molar refractivity (Wildman–Crippen MR) is 92.2 cm³/mol. The summed E-state index contributed by atoms with van der Waals surface area (Å²) in [5.41, 5.74) is 1.23. The molecule has 1 fully saturated rings. The number of hydrogen-bond donors (Lipinski definition) is 1. The van der Waals surface area contributed by atoms with Gasteiger partial charge in [0.2, 0.25) is 0 Å². The summed E-state index contributed by atoms with van der Waals surface area (Å²) in [4.78, 5) is 39.4. The molecule has 0 spiro atoms. The van der Waals surface area contributed by atoms with Gasteiger partial charge in [0.05, 0.1) is 6.54 Å². The summed E-state index contributed by atoms with van der Waals surface area (Å²) in [6, 6.07) is 8.68. The summed E-state index contributed by atoms with van der Waals surface area (Å²) in [5, 5.41) is 4.56. The Morgan fingerprint density at radius 3 is 2.67 bits per heavy atom. The third-order valence-corrected chi connectivity index (χ3v) is 5.38. The Bertz CT molecular complexity index is 829. The molecule has 1 aromatic heterocycles. The summed E-state index contributed by atoms with van der Waals surface area (Å²) in [6.07, 6.45) is 0. The van der Waals surface area contributed by atoms with Crippen molar-refractivity contribution in [1.29, 1.82) is 0 Å². The summed E-state index contributed by atoms with van der Waals surface area (Å²) in [5.74, 6) is -0.635. The Hall–Kier alpha value is -2.47. The van der Waals surface area contributed by atoms with Crippen LogP contribution in [-0.4, -0.2) is 29.2 Å². The number of thiophene rings is 1. The SMILES string of the molecule is Cc1ccc(C)c(C(=O)CN2C(=O)NC(C)(c3cccs3)C2=O)c1. The number of nitrogens with one attached hydrogen (secondary N) is 1. The van der Waals surface area contributed by atoms with Crippen molar-refractivity contribution in [2.75, 3.05) is 6.54 Å². The molecule has 1 unspecified atom stereocenters. The van der Waals surface area contributed by atoms with Gasteiger partial charge in [0.15, 0.2) is 11.3 Å². The molecule has 2 aromatic rings. The van der Waals surface area contributed by atoms with Crippen LogP contribution in [0.25, 0.3) is 0 Å². The second kappa shape index (κ2) is 5.87. The smallest absolute Gasteiger partial charge is 0.319 e. The van der Waals surface area contributed by atoms with Crippen LogP contribution in [0.5, 0.6) is 0 Å². The first-order chi connectivity index (χ1) is 11.3. The highest BCUT2D eigenvalue weighted by atomic mass is 32.1. The number of benzene rings is 1. The van der Waals surface area contributed by atoms with E-state index in [4.69, 9.17) is 0 Å². The Kier molecular flexibility index (Phi) is 4.01.